The van der Waals surface area contributed by atoms with Crippen LogP contribution in [-0.2, 0) is 4.74 Å². The van der Waals surface area contributed by atoms with Crippen molar-refractivity contribution in [2.45, 2.75) is 6.92 Å². The average molecular weight is 470 g/mol. The van der Waals surface area contributed by atoms with E-state index in [9.17, 15) is 9.18 Å². The maximum Gasteiger partial charge on any atom is 0.272 e. The average Bonchev–Trinajstić information content (AvgIpc) is 3.07. The Balaban J connectivity index is 0.00000225. The molecule has 148 valence electrons. The molecule has 1 amide bonds. The molecule has 1 N–H and O–H groups in total. The molecule has 28 heavy (non-hydrogen) atoms. The second kappa shape index (κ2) is 8.46. The van der Waals surface area contributed by atoms with Crippen LogP contribution in [0.2, 0.25) is 0 Å². The molecule has 1 aromatic carbocycles. The highest BCUT2D eigenvalue weighted by molar-refractivity contribution is 9.10. The summed E-state index contributed by atoms with van der Waals surface area (Å²) in [5, 5.41) is 3.03. The minimum atomic E-state index is -0.380. The summed E-state index contributed by atoms with van der Waals surface area (Å²) in [7, 11) is 0. The van der Waals surface area contributed by atoms with Gasteiger partial charge in [0.25, 0.3) is 5.91 Å². The second-order valence-corrected chi connectivity index (χ2v) is 7.26. The zero-order valence-electron chi connectivity index (χ0n) is 15.1. The molecule has 0 spiro atoms. The van der Waals surface area contributed by atoms with Crippen molar-refractivity contribution in [3.05, 3.63) is 58.2 Å². The van der Waals surface area contributed by atoms with Crippen LogP contribution in [0.15, 0.2) is 41.0 Å². The number of aromatic nitrogens is 2. The number of ether oxygens (including phenoxy) is 1. The third-order valence-electron chi connectivity index (χ3n) is 4.57. The first-order chi connectivity index (χ1) is 13.0. The Morgan fingerprint density at radius 1 is 1.25 bits per heavy atom. The van der Waals surface area contributed by atoms with E-state index in [0.717, 1.165) is 10.2 Å². The molecule has 1 fully saturated rings. The predicted octanol–water partition coefficient (Wildman–Crippen LogP) is 4.18. The summed E-state index contributed by atoms with van der Waals surface area (Å²) < 4.78 is 22.1. The first-order valence-electron chi connectivity index (χ1n) is 8.61. The van der Waals surface area contributed by atoms with Gasteiger partial charge in [0.05, 0.1) is 30.6 Å². The number of halogens is 3. The summed E-state index contributed by atoms with van der Waals surface area (Å²) in [5.41, 5.74) is 2.41. The third-order valence-corrected chi connectivity index (χ3v) is 5.07. The number of nitrogens with zero attached hydrogens (tertiary/aromatic N) is 3. The van der Waals surface area contributed by atoms with Crippen LogP contribution < -0.4 is 5.32 Å². The smallest absolute Gasteiger partial charge is 0.272 e. The number of amides is 1. The van der Waals surface area contributed by atoms with Crippen LogP contribution in [0.3, 0.4) is 0 Å². The summed E-state index contributed by atoms with van der Waals surface area (Å²) in [6.07, 6.45) is 1.54. The van der Waals surface area contributed by atoms with E-state index in [4.69, 9.17) is 4.74 Å². The molecule has 0 bridgehead atoms. The summed E-state index contributed by atoms with van der Waals surface area (Å²) in [5.74, 6) is 0.0174. The standard InChI is InChI=1S/C19H18BrFN4O2.ClH/c1-12-2-5-16-18(23-15-10-13(20)3-4-14(15)21)22-11-17(25(12)16)19(26)24-6-8-27-9-7-24;/h2-5,10-11H,6-9H2,1H3,(H,22,23);1H. The Labute approximate surface area is 176 Å². The van der Waals surface area contributed by atoms with Crippen LogP contribution >= 0.6 is 28.3 Å². The number of hydrogen-bond donors (Lipinski definition) is 1. The summed E-state index contributed by atoms with van der Waals surface area (Å²) in [4.78, 5) is 19.1. The normalized spacial score (nSPS) is 14.0. The first-order valence-corrected chi connectivity index (χ1v) is 9.40. The topological polar surface area (TPSA) is 58.9 Å². The number of benzene rings is 1. The van der Waals surface area contributed by atoms with Gasteiger partial charge in [-0.1, -0.05) is 15.9 Å². The van der Waals surface area contributed by atoms with Gasteiger partial charge in [0.2, 0.25) is 0 Å². The van der Waals surface area contributed by atoms with E-state index in [2.05, 4.69) is 26.2 Å². The molecule has 0 radical (unpaired) electrons. The monoisotopic (exact) mass is 468 g/mol. The molecular weight excluding hydrogens is 451 g/mol. The van der Waals surface area contributed by atoms with Crippen molar-refractivity contribution < 1.29 is 13.9 Å². The molecule has 4 rings (SSSR count). The lowest BCUT2D eigenvalue weighted by molar-refractivity contribution is 0.0297. The van der Waals surface area contributed by atoms with E-state index >= 15 is 0 Å². The van der Waals surface area contributed by atoms with Gasteiger partial charge in [0.1, 0.15) is 11.5 Å². The molecule has 0 atom stereocenters. The summed E-state index contributed by atoms with van der Waals surface area (Å²) in [6, 6.07) is 8.45. The van der Waals surface area contributed by atoms with Gasteiger partial charge in [-0.2, -0.15) is 0 Å². The fraction of sp³-hybridized carbons (Fsp3) is 0.263. The van der Waals surface area contributed by atoms with Gasteiger partial charge in [-0.25, -0.2) is 9.37 Å². The Kier molecular flexibility index (Phi) is 6.22. The van der Waals surface area contributed by atoms with Crippen molar-refractivity contribution >= 4 is 51.3 Å². The van der Waals surface area contributed by atoms with Gasteiger partial charge < -0.3 is 19.4 Å². The van der Waals surface area contributed by atoms with Crippen molar-refractivity contribution in [2.24, 2.45) is 0 Å². The van der Waals surface area contributed by atoms with Gasteiger partial charge in [-0.3, -0.25) is 4.79 Å². The molecule has 6 nitrogen and oxygen atoms in total. The number of carbonyl (C=O) groups excluding carboxylic acids is 1. The van der Waals surface area contributed by atoms with Crippen molar-refractivity contribution in [2.75, 3.05) is 31.6 Å². The maximum atomic E-state index is 14.1. The fourth-order valence-electron chi connectivity index (χ4n) is 3.19. The van der Waals surface area contributed by atoms with E-state index in [1.54, 1.807) is 17.0 Å². The van der Waals surface area contributed by atoms with Crippen molar-refractivity contribution in [1.82, 2.24) is 14.3 Å². The van der Waals surface area contributed by atoms with Gasteiger partial charge in [0.15, 0.2) is 5.82 Å². The second-order valence-electron chi connectivity index (χ2n) is 6.34. The molecule has 0 unspecified atom stereocenters. The highest BCUT2D eigenvalue weighted by atomic mass is 79.9. The number of morpholine rings is 1. The minimum absolute atomic E-state index is 0. The number of hydrogen-bond acceptors (Lipinski definition) is 4. The number of carbonyl (C=O) groups is 1. The minimum Gasteiger partial charge on any atom is -0.378 e. The molecule has 1 saturated heterocycles. The van der Waals surface area contributed by atoms with Crippen LogP contribution in [0.5, 0.6) is 0 Å². The molecule has 3 aromatic rings. The number of nitrogens with one attached hydrogen (secondary N) is 1. The summed E-state index contributed by atoms with van der Waals surface area (Å²) >= 11 is 3.35. The van der Waals surface area contributed by atoms with Crippen LogP contribution in [0.1, 0.15) is 16.2 Å². The quantitative estimate of drug-likeness (QED) is 0.625. The van der Waals surface area contributed by atoms with Crippen molar-refractivity contribution in [3.63, 3.8) is 0 Å². The number of aryl methyl sites for hydroxylation is 1. The molecular formula is C19H19BrClFN4O2. The van der Waals surface area contributed by atoms with E-state index in [1.165, 1.54) is 12.3 Å². The molecule has 0 aliphatic carbocycles. The molecule has 1 aliphatic heterocycles. The van der Waals surface area contributed by atoms with Crippen LogP contribution in [0, 0.1) is 12.7 Å². The Morgan fingerprint density at radius 2 is 2.00 bits per heavy atom. The molecule has 3 heterocycles. The highest BCUT2D eigenvalue weighted by Crippen LogP contribution is 2.27. The molecule has 2 aromatic heterocycles. The number of fused-ring (bicyclic) bond motifs is 1. The van der Waals surface area contributed by atoms with Gasteiger partial charge >= 0.3 is 0 Å². The van der Waals surface area contributed by atoms with Gasteiger partial charge in [0, 0.05) is 23.3 Å². The number of rotatable bonds is 3. The molecule has 1 aliphatic rings. The molecule has 9 heteroatoms. The lowest BCUT2D eigenvalue weighted by Gasteiger charge is -2.27. The Morgan fingerprint density at radius 3 is 2.75 bits per heavy atom. The number of anilines is 2. The van der Waals surface area contributed by atoms with E-state index in [1.807, 2.05) is 23.5 Å². The lowest BCUT2D eigenvalue weighted by Crippen LogP contribution is -2.41. The van der Waals surface area contributed by atoms with Crippen LogP contribution in [0.4, 0.5) is 15.9 Å². The SMILES string of the molecule is Cc1ccc2c(Nc3cc(Br)ccc3F)ncc(C(=O)N3CCOCC3)n12.Cl. The zero-order chi connectivity index (χ0) is 19.0. The third kappa shape index (κ3) is 3.85. The lowest BCUT2D eigenvalue weighted by atomic mass is 10.3. The van der Waals surface area contributed by atoms with Crippen LogP contribution in [-0.4, -0.2) is 46.5 Å². The van der Waals surface area contributed by atoms with E-state index in [-0.39, 0.29) is 24.1 Å². The van der Waals surface area contributed by atoms with E-state index in [0.29, 0.717) is 49.0 Å². The van der Waals surface area contributed by atoms with Crippen LogP contribution in [0.25, 0.3) is 5.52 Å². The Hall–Kier alpha value is -2.16. The largest absolute Gasteiger partial charge is 0.378 e. The van der Waals surface area contributed by atoms with Gasteiger partial charge in [-0.15, -0.1) is 12.4 Å². The van der Waals surface area contributed by atoms with E-state index < -0.39 is 0 Å². The van der Waals surface area contributed by atoms with Crippen molar-refractivity contribution in [1.29, 1.82) is 0 Å². The van der Waals surface area contributed by atoms with Gasteiger partial charge in [-0.05, 0) is 37.3 Å². The zero-order valence-corrected chi connectivity index (χ0v) is 17.5. The molecule has 0 saturated carbocycles. The summed E-state index contributed by atoms with van der Waals surface area (Å²) in [6.45, 7) is 4.11. The highest BCUT2D eigenvalue weighted by Gasteiger charge is 2.23. The fourth-order valence-corrected chi connectivity index (χ4v) is 3.55. The first kappa shape index (κ1) is 20.6. The van der Waals surface area contributed by atoms with Crippen molar-refractivity contribution in [3.8, 4) is 0 Å². The maximum absolute atomic E-state index is 14.1. The predicted molar refractivity (Wildman–Crippen MR) is 111 cm³/mol. The Bertz CT molecular complexity index is 1020.